The predicted molar refractivity (Wildman–Crippen MR) is 175 cm³/mol. The molecular formula is C36H43BN2O4. The number of fused-ring (bicyclic) bond motifs is 3. The van der Waals surface area contributed by atoms with Gasteiger partial charge in [0.15, 0.2) is 0 Å². The zero-order valence-corrected chi connectivity index (χ0v) is 27.2. The van der Waals surface area contributed by atoms with Crippen LogP contribution in [0.25, 0.3) is 0 Å². The summed E-state index contributed by atoms with van der Waals surface area (Å²) in [7, 11) is 3.04. The molecule has 7 heteroatoms. The topological polar surface area (TPSA) is 60.4 Å². The molecule has 0 saturated carbocycles. The summed E-state index contributed by atoms with van der Waals surface area (Å²) >= 11 is 0. The third kappa shape index (κ3) is 4.81. The lowest BCUT2D eigenvalue weighted by atomic mass is 9.62. The van der Waals surface area contributed by atoms with Crippen LogP contribution in [0.1, 0.15) is 101 Å². The molecule has 0 amide bonds. The van der Waals surface area contributed by atoms with Crippen molar-refractivity contribution in [1.82, 2.24) is 0 Å². The molecule has 0 atom stereocenters. The molecule has 3 aromatic rings. The summed E-state index contributed by atoms with van der Waals surface area (Å²) in [4.78, 5) is 19.9. The second kappa shape index (κ2) is 9.80. The van der Waals surface area contributed by atoms with E-state index in [9.17, 15) is 4.79 Å². The molecule has 1 aliphatic carbocycles. The average Bonchev–Trinajstić information content (AvgIpc) is 3.11. The number of carbonyl (C=O) groups excluding carboxylic acids is 1. The van der Waals surface area contributed by atoms with Crippen LogP contribution in [-0.4, -0.2) is 44.2 Å². The molecule has 0 bridgehead atoms. The minimum atomic E-state index is -0.488. The highest BCUT2D eigenvalue weighted by Gasteiger charge is 2.52. The van der Waals surface area contributed by atoms with Gasteiger partial charge in [-0.15, -0.1) is 0 Å². The van der Waals surface area contributed by atoms with Gasteiger partial charge < -0.3 is 18.9 Å². The molecule has 224 valence electrons. The van der Waals surface area contributed by atoms with Gasteiger partial charge in [-0.1, -0.05) is 45.9 Å². The number of hydrogen-bond donors (Lipinski definition) is 0. The van der Waals surface area contributed by atoms with Crippen LogP contribution in [0.3, 0.4) is 0 Å². The van der Waals surface area contributed by atoms with Gasteiger partial charge >= 0.3 is 13.1 Å². The van der Waals surface area contributed by atoms with Crippen LogP contribution >= 0.6 is 0 Å². The standard InChI is InChI=1S/C36H43BN2O4/c1-33(2)17-18-34(3,4)27-21-30-25(20-26(27)33)31(22-11-13-23(14-12-22)32(40)41-10)38-28-19-24(15-16-29(28)39(30)9)37-42-35(5,6)36(7,8)43-37/h11-16,19-21H,17-18H2,1-10H3. The molecule has 0 N–H and O–H groups in total. The first-order chi connectivity index (χ1) is 20.0. The number of esters is 1. The van der Waals surface area contributed by atoms with Gasteiger partial charge in [-0.05, 0) is 104 Å². The fourth-order valence-electron chi connectivity index (χ4n) is 6.52. The molecule has 6 nitrogen and oxygen atoms in total. The first-order valence-electron chi connectivity index (χ1n) is 15.2. The Labute approximate surface area is 256 Å². The summed E-state index contributed by atoms with van der Waals surface area (Å²) in [5, 5.41) is 0. The zero-order valence-electron chi connectivity index (χ0n) is 27.2. The van der Waals surface area contributed by atoms with Crippen molar-refractivity contribution in [2.24, 2.45) is 4.99 Å². The average molecular weight is 579 g/mol. The van der Waals surface area contributed by atoms with Crippen LogP contribution in [0.2, 0.25) is 0 Å². The van der Waals surface area contributed by atoms with Gasteiger partial charge in [0.25, 0.3) is 0 Å². The molecule has 0 radical (unpaired) electrons. The molecular weight excluding hydrogens is 535 g/mol. The molecule has 0 unspecified atom stereocenters. The van der Waals surface area contributed by atoms with Crippen molar-refractivity contribution >= 4 is 41.3 Å². The number of methoxy groups -OCH3 is 1. The van der Waals surface area contributed by atoms with Gasteiger partial charge in [-0.25, -0.2) is 9.79 Å². The van der Waals surface area contributed by atoms with E-state index < -0.39 is 18.3 Å². The monoisotopic (exact) mass is 578 g/mol. The van der Waals surface area contributed by atoms with Crippen molar-refractivity contribution < 1.29 is 18.8 Å². The lowest BCUT2D eigenvalue weighted by Gasteiger charge is -2.43. The van der Waals surface area contributed by atoms with Crippen molar-refractivity contribution in [3.63, 3.8) is 0 Å². The molecule has 3 aromatic carbocycles. The van der Waals surface area contributed by atoms with Gasteiger partial charge in [0.05, 0.1) is 46.6 Å². The summed E-state index contributed by atoms with van der Waals surface area (Å²) in [6.45, 7) is 17.7. The Hall–Kier alpha value is -3.42. The van der Waals surface area contributed by atoms with Gasteiger partial charge in [0.1, 0.15) is 0 Å². The lowest BCUT2D eigenvalue weighted by Crippen LogP contribution is -2.41. The summed E-state index contributed by atoms with van der Waals surface area (Å²) in [6.07, 6.45) is 2.26. The smallest absolute Gasteiger partial charge is 0.465 e. The van der Waals surface area contributed by atoms with Crippen molar-refractivity contribution in [2.45, 2.75) is 90.3 Å². The molecule has 2 aliphatic heterocycles. The fraction of sp³-hybridized carbons (Fsp3) is 0.444. The van der Waals surface area contributed by atoms with E-state index in [4.69, 9.17) is 19.0 Å². The number of benzene rings is 3. The molecule has 0 aromatic heterocycles. The number of rotatable bonds is 3. The van der Waals surface area contributed by atoms with E-state index in [1.807, 2.05) is 24.3 Å². The third-order valence-corrected chi connectivity index (χ3v) is 10.3. The van der Waals surface area contributed by atoms with Gasteiger partial charge in [0, 0.05) is 18.2 Å². The Kier molecular flexibility index (Phi) is 6.76. The van der Waals surface area contributed by atoms with E-state index in [2.05, 4.69) is 97.7 Å². The Balaban J connectivity index is 1.57. The first-order valence-corrected chi connectivity index (χ1v) is 15.2. The van der Waals surface area contributed by atoms with Crippen LogP contribution in [0.5, 0.6) is 0 Å². The Morgan fingerprint density at radius 2 is 1.40 bits per heavy atom. The van der Waals surface area contributed by atoms with E-state index in [1.54, 1.807) is 0 Å². The van der Waals surface area contributed by atoms with E-state index in [1.165, 1.54) is 18.2 Å². The third-order valence-electron chi connectivity index (χ3n) is 10.3. The molecule has 6 rings (SSSR count). The van der Waals surface area contributed by atoms with E-state index >= 15 is 0 Å². The van der Waals surface area contributed by atoms with E-state index in [-0.39, 0.29) is 16.8 Å². The van der Waals surface area contributed by atoms with Crippen LogP contribution in [0.4, 0.5) is 17.1 Å². The largest absolute Gasteiger partial charge is 0.494 e. The fourth-order valence-corrected chi connectivity index (χ4v) is 6.52. The van der Waals surface area contributed by atoms with Crippen LogP contribution in [0, 0.1) is 0 Å². The molecule has 2 heterocycles. The maximum absolute atomic E-state index is 12.2. The highest BCUT2D eigenvalue weighted by Crippen LogP contribution is 2.50. The highest BCUT2D eigenvalue weighted by atomic mass is 16.7. The number of anilines is 2. The van der Waals surface area contributed by atoms with Gasteiger partial charge in [-0.2, -0.15) is 0 Å². The predicted octanol–water partition coefficient (Wildman–Crippen LogP) is 7.37. The lowest BCUT2D eigenvalue weighted by molar-refractivity contribution is 0.00578. The van der Waals surface area contributed by atoms with Crippen molar-refractivity contribution in [1.29, 1.82) is 0 Å². The first kappa shape index (κ1) is 29.6. The van der Waals surface area contributed by atoms with E-state index in [0.29, 0.717) is 5.56 Å². The Bertz CT molecular complexity index is 1640. The molecule has 3 aliphatic rings. The second-order valence-electron chi connectivity index (χ2n) is 14.6. The Morgan fingerprint density at radius 3 is 1.98 bits per heavy atom. The molecule has 1 saturated heterocycles. The SMILES string of the molecule is COC(=O)c1ccc(C2=Nc3cc(B4OC(C)(C)C(C)(C)O4)ccc3N(C)c3cc4c(cc32)C(C)(C)CCC4(C)C)cc1. The summed E-state index contributed by atoms with van der Waals surface area (Å²) in [5.41, 5.74) is 9.28. The number of carbonyl (C=O) groups is 1. The van der Waals surface area contributed by atoms with Crippen molar-refractivity contribution in [2.75, 3.05) is 19.1 Å². The van der Waals surface area contributed by atoms with Gasteiger partial charge in [-0.3, -0.25) is 0 Å². The van der Waals surface area contributed by atoms with Crippen molar-refractivity contribution in [3.8, 4) is 0 Å². The van der Waals surface area contributed by atoms with Crippen LogP contribution < -0.4 is 10.4 Å². The molecule has 0 spiro atoms. The van der Waals surface area contributed by atoms with Gasteiger partial charge in [0.2, 0.25) is 0 Å². The number of hydrogen-bond acceptors (Lipinski definition) is 6. The quantitative estimate of drug-likeness (QED) is 0.240. The normalized spacial score (nSPS) is 20.8. The number of nitrogens with zero attached hydrogens (tertiary/aromatic N) is 2. The second-order valence-corrected chi connectivity index (χ2v) is 14.6. The zero-order chi connectivity index (χ0) is 31.1. The maximum atomic E-state index is 12.2. The van der Waals surface area contributed by atoms with E-state index in [0.717, 1.165) is 52.2 Å². The summed E-state index contributed by atoms with van der Waals surface area (Å²) in [5.74, 6) is -0.357. The maximum Gasteiger partial charge on any atom is 0.494 e. The molecule has 43 heavy (non-hydrogen) atoms. The summed E-state index contributed by atoms with van der Waals surface area (Å²) < 4.78 is 17.8. The number of ether oxygens (including phenoxy) is 1. The minimum Gasteiger partial charge on any atom is -0.465 e. The summed E-state index contributed by atoms with van der Waals surface area (Å²) in [6, 6.07) is 18.6. The minimum absolute atomic E-state index is 0.0430. The van der Waals surface area contributed by atoms with Crippen LogP contribution in [-0.2, 0) is 24.9 Å². The van der Waals surface area contributed by atoms with Crippen LogP contribution in [0.15, 0.2) is 59.6 Å². The Morgan fingerprint density at radius 1 is 0.814 bits per heavy atom. The number of aliphatic imine (C=N–C) groups is 1. The highest BCUT2D eigenvalue weighted by molar-refractivity contribution is 6.62. The molecule has 1 fully saturated rings. The van der Waals surface area contributed by atoms with Crippen molar-refractivity contribution in [3.05, 3.63) is 82.4 Å².